The number of aryl methyl sites for hydroxylation is 1. The highest BCUT2D eigenvalue weighted by atomic mass is 19.1. The Labute approximate surface area is 196 Å². The summed E-state index contributed by atoms with van der Waals surface area (Å²) in [7, 11) is 0. The van der Waals surface area contributed by atoms with Crippen LogP contribution in [0, 0.1) is 5.82 Å². The van der Waals surface area contributed by atoms with Gasteiger partial charge in [-0.15, -0.1) is 10.2 Å². The first kappa shape index (κ1) is 21.9. The molecule has 1 aromatic heterocycles. The lowest BCUT2D eigenvalue weighted by Crippen LogP contribution is -2.33. The highest BCUT2D eigenvalue weighted by Crippen LogP contribution is 2.28. The van der Waals surface area contributed by atoms with Gasteiger partial charge in [-0.05, 0) is 50.1 Å². The lowest BCUT2D eigenvalue weighted by Gasteiger charge is -2.20. The number of nitrogens with one attached hydrogen (secondary N) is 1. The topological polar surface area (TPSA) is 92.5 Å². The molecule has 1 N–H and O–H groups in total. The number of nitrogens with zero attached hydrogens (tertiary/aromatic N) is 5. The minimum atomic E-state index is -0.578. The average molecular weight is 461 g/mol. The van der Waals surface area contributed by atoms with Gasteiger partial charge < -0.3 is 9.88 Å². The van der Waals surface area contributed by atoms with Crippen LogP contribution in [0.1, 0.15) is 38.4 Å². The third kappa shape index (κ3) is 4.21. The van der Waals surface area contributed by atoms with Crippen molar-refractivity contribution >= 4 is 28.8 Å². The molecule has 5 rings (SSSR count). The summed E-state index contributed by atoms with van der Waals surface area (Å²) in [6.07, 6.45) is 4.27. The minimum absolute atomic E-state index is 0.0358. The van der Waals surface area contributed by atoms with E-state index in [1.165, 1.54) is 13.0 Å². The number of hydrogen-bond donors (Lipinski definition) is 1. The van der Waals surface area contributed by atoms with E-state index in [9.17, 15) is 14.0 Å². The maximum absolute atomic E-state index is 14.6. The number of carbonyl (C=O) groups is 2. The standard InChI is InChI=1S/C25H25FN6O2/c1-16(33)22-15-21(30-32(22)18-8-4-2-5-9-18)25(34)27-20-14-17(11-12-19(20)26)24-29-28-23-10-6-3-7-13-31(23)24/h2,4-5,8-9,11-12,14,22H,3,6-7,10,13,15H2,1H3,(H,27,34). The summed E-state index contributed by atoms with van der Waals surface area (Å²) >= 11 is 0. The number of hydrogen-bond acceptors (Lipinski definition) is 6. The van der Waals surface area contributed by atoms with E-state index in [1.807, 2.05) is 30.3 Å². The molecule has 0 fully saturated rings. The number of Topliss-reactive ketones (excluding diaryl/α,β-unsaturated/α-hetero) is 1. The van der Waals surface area contributed by atoms with E-state index in [0.29, 0.717) is 17.1 Å². The second kappa shape index (κ2) is 9.17. The van der Waals surface area contributed by atoms with Gasteiger partial charge in [-0.3, -0.25) is 14.6 Å². The summed E-state index contributed by atoms with van der Waals surface area (Å²) in [5.74, 6) is 0.391. The van der Waals surface area contributed by atoms with Crippen molar-refractivity contribution in [3.05, 3.63) is 60.2 Å². The number of hydrazone groups is 1. The van der Waals surface area contributed by atoms with Crippen LogP contribution < -0.4 is 10.3 Å². The molecule has 8 nitrogen and oxygen atoms in total. The molecule has 0 saturated heterocycles. The van der Waals surface area contributed by atoms with Gasteiger partial charge in [0.2, 0.25) is 0 Å². The molecule has 0 radical (unpaired) electrons. The second-order valence-corrected chi connectivity index (χ2v) is 8.61. The van der Waals surface area contributed by atoms with Gasteiger partial charge in [0.05, 0.1) is 11.4 Å². The first-order valence-corrected chi connectivity index (χ1v) is 11.5. The molecule has 1 amide bonds. The fourth-order valence-electron chi connectivity index (χ4n) is 4.44. The quantitative estimate of drug-likeness (QED) is 0.622. The highest BCUT2D eigenvalue weighted by molar-refractivity contribution is 6.44. The zero-order valence-electron chi connectivity index (χ0n) is 18.9. The zero-order valence-corrected chi connectivity index (χ0v) is 18.9. The van der Waals surface area contributed by atoms with Crippen LogP contribution in [-0.2, 0) is 22.6 Å². The van der Waals surface area contributed by atoms with Crippen molar-refractivity contribution in [2.75, 3.05) is 10.3 Å². The predicted octanol–water partition coefficient (Wildman–Crippen LogP) is 3.97. The maximum atomic E-state index is 14.6. The summed E-state index contributed by atoms with van der Waals surface area (Å²) < 4.78 is 16.7. The molecule has 0 saturated carbocycles. The first-order valence-electron chi connectivity index (χ1n) is 11.5. The molecule has 0 aliphatic carbocycles. The number of anilines is 2. The number of para-hydroxylation sites is 1. The molecule has 34 heavy (non-hydrogen) atoms. The van der Waals surface area contributed by atoms with Gasteiger partial charge in [0, 0.05) is 24.9 Å². The number of rotatable bonds is 5. The number of carbonyl (C=O) groups excluding carboxylic acids is 2. The summed E-state index contributed by atoms with van der Waals surface area (Å²) in [5, 5.41) is 17.2. The highest BCUT2D eigenvalue weighted by Gasteiger charge is 2.34. The van der Waals surface area contributed by atoms with Crippen molar-refractivity contribution in [3.8, 4) is 11.4 Å². The van der Waals surface area contributed by atoms with E-state index in [0.717, 1.165) is 38.1 Å². The van der Waals surface area contributed by atoms with Crippen LogP contribution in [0.4, 0.5) is 15.8 Å². The Morgan fingerprint density at radius 2 is 1.88 bits per heavy atom. The molecule has 2 aliphatic heterocycles. The van der Waals surface area contributed by atoms with Crippen LogP contribution in [0.2, 0.25) is 0 Å². The summed E-state index contributed by atoms with van der Waals surface area (Å²) in [4.78, 5) is 25.2. The zero-order chi connectivity index (χ0) is 23.7. The van der Waals surface area contributed by atoms with E-state index < -0.39 is 17.8 Å². The van der Waals surface area contributed by atoms with E-state index in [1.54, 1.807) is 17.1 Å². The van der Waals surface area contributed by atoms with Crippen molar-refractivity contribution in [2.24, 2.45) is 5.10 Å². The van der Waals surface area contributed by atoms with Crippen LogP contribution in [0.15, 0.2) is 53.6 Å². The van der Waals surface area contributed by atoms with Gasteiger partial charge in [-0.2, -0.15) is 5.10 Å². The molecule has 3 aromatic rings. The Balaban J connectivity index is 1.40. The lowest BCUT2D eigenvalue weighted by atomic mass is 10.1. The van der Waals surface area contributed by atoms with Crippen molar-refractivity contribution in [1.82, 2.24) is 14.8 Å². The molecule has 9 heteroatoms. The predicted molar refractivity (Wildman–Crippen MR) is 127 cm³/mol. The van der Waals surface area contributed by atoms with Crippen molar-refractivity contribution in [1.29, 1.82) is 0 Å². The van der Waals surface area contributed by atoms with Gasteiger partial charge in [0.15, 0.2) is 11.6 Å². The number of halogens is 1. The number of aromatic nitrogens is 3. The number of ketones is 1. The SMILES string of the molecule is CC(=O)C1CC(C(=O)Nc2cc(-c3nnc4n3CCCCC4)ccc2F)=NN1c1ccccc1. The Kier molecular flexibility index (Phi) is 5.91. The van der Waals surface area contributed by atoms with Crippen molar-refractivity contribution in [2.45, 2.75) is 51.6 Å². The molecule has 174 valence electrons. The van der Waals surface area contributed by atoms with E-state index in [-0.39, 0.29) is 23.6 Å². The summed E-state index contributed by atoms with van der Waals surface area (Å²) in [6, 6.07) is 13.1. The Hall–Kier alpha value is -3.88. The normalized spacial score (nSPS) is 17.6. The fourth-order valence-corrected chi connectivity index (χ4v) is 4.44. The van der Waals surface area contributed by atoms with Crippen LogP contribution in [-0.4, -0.2) is 38.2 Å². The summed E-state index contributed by atoms with van der Waals surface area (Å²) in [5.41, 5.74) is 1.60. The number of benzene rings is 2. The third-order valence-corrected chi connectivity index (χ3v) is 6.24. The van der Waals surface area contributed by atoms with Crippen molar-refractivity contribution < 1.29 is 14.0 Å². The second-order valence-electron chi connectivity index (χ2n) is 8.61. The molecular formula is C25H25FN6O2. The molecule has 2 aliphatic rings. The van der Waals surface area contributed by atoms with Crippen LogP contribution in [0.25, 0.3) is 11.4 Å². The summed E-state index contributed by atoms with van der Waals surface area (Å²) in [6.45, 7) is 2.29. The molecule has 0 bridgehead atoms. The van der Waals surface area contributed by atoms with E-state index in [2.05, 4.69) is 25.2 Å². The Morgan fingerprint density at radius 3 is 2.68 bits per heavy atom. The molecular weight excluding hydrogens is 435 g/mol. The number of amides is 1. The van der Waals surface area contributed by atoms with Gasteiger partial charge in [0.25, 0.3) is 5.91 Å². The van der Waals surface area contributed by atoms with Crippen LogP contribution in [0.3, 0.4) is 0 Å². The molecule has 3 heterocycles. The van der Waals surface area contributed by atoms with Crippen LogP contribution in [0.5, 0.6) is 0 Å². The largest absolute Gasteiger partial charge is 0.318 e. The molecule has 2 aromatic carbocycles. The number of fused-ring (bicyclic) bond motifs is 1. The van der Waals surface area contributed by atoms with Gasteiger partial charge in [-0.25, -0.2) is 4.39 Å². The van der Waals surface area contributed by atoms with Gasteiger partial charge in [-0.1, -0.05) is 24.6 Å². The lowest BCUT2D eigenvalue weighted by molar-refractivity contribution is -0.118. The van der Waals surface area contributed by atoms with Gasteiger partial charge in [0.1, 0.15) is 23.4 Å². The van der Waals surface area contributed by atoms with Gasteiger partial charge >= 0.3 is 0 Å². The molecule has 0 spiro atoms. The third-order valence-electron chi connectivity index (χ3n) is 6.24. The Bertz CT molecular complexity index is 1270. The monoisotopic (exact) mass is 460 g/mol. The smallest absolute Gasteiger partial charge is 0.272 e. The first-order chi connectivity index (χ1) is 16.5. The van der Waals surface area contributed by atoms with E-state index >= 15 is 0 Å². The minimum Gasteiger partial charge on any atom is -0.318 e. The van der Waals surface area contributed by atoms with Crippen LogP contribution >= 0.6 is 0 Å². The fraction of sp³-hybridized carbons (Fsp3) is 0.320. The molecule has 1 atom stereocenters. The average Bonchev–Trinajstić information content (AvgIpc) is 3.40. The van der Waals surface area contributed by atoms with Crippen molar-refractivity contribution in [3.63, 3.8) is 0 Å². The van der Waals surface area contributed by atoms with E-state index in [4.69, 9.17) is 0 Å². The Morgan fingerprint density at radius 1 is 1.06 bits per heavy atom. The molecule has 1 unspecified atom stereocenters. The maximum Gasteiger partial charge on any atom is 0.272 e.